The average Bonchev–Trinajstić information content (AvgIpc) is 2.67. The summed E-state index contributed by atoms with van der Waals surface area (Å²) in [7, 11) is -2.39. The number of nitrogens with zero attached hydrogens (tertiary/aromatic N) is 2. The minimum atomic E-state index is -3.73. The molecule has 1 fully saturated rings. The lowest BCUT2D eigenvalue weighted by atomic mass is 10.1. The molecule has 1 aliphatic heterocycles. The lowest BCUT2D eigenvalue weighted by Gasteiger charge is -2.36. The minimum Gasteiger partial charge on any atom is -0.495 e. The smallest absolute Gasteiger partial charge is 0.246 e. The molecular formula is C19H23FN2O3S. The maximum atomic E-state index is 13.4. The zero-order valence-electron chi connectivity index (χ0n) is 15.0. The van der Waals surface area contributed by atoms with Crippen LogP contribution in [0.1, 0.15) is 12.5 Å². The first-order chi connectivity index (χ1) is 12.5. The molecular weight excluding hydrogens is 355 g/mol. The number of para-hydroxylation sites is 1. The maximum Gasteiger partial charge on any atom is 0.246 e. The van der Waals surface area contributed by atoms with Crippen molar-refractivity contribution in [2.45, 2.75) is 18.2 Å². The summed E-state index contributed by atoms with van der Waals surface area (Å²) in [5, 5.41) is 0. The fraction of sp³-hybridized carbons (Fsp3) is 0.368. The number of methoxy groups -OCH3 is 1. The predicted molar refractivity (Wildman–Crippen MR) is 99.7 cm³/mol. The standard InChI is InChI=1S/C19H23FN2O3S/c1-3-15-6-4-5-7-17(15)21-10-12-22(13-11-21)26(23,24)19-9-8-16(20)14-18(19)25-2/h4-9,14H,3,10-13H2,1-2H3. The van der Waals surface area contributed by atoms with Gasteiger partial charge < -0.3 is 9.64 Å². The second-order valence-electron chi connectivity index (χ2n) is 6.17. The van der Waals surface area contributed by atoms with Crippen LogP contribution in [0.5, 0.6) is 5.75 Å². The molecule has 0 atom stereocenters. The van der Waals surface area contributed by atoms with Crippen LogP contribution in [0.4, 0.5) is 10.1 Å². The van der Waals surface area contributed by atoms with E-state index in [4.69, 9.17) is 4.74 Å². The van der Waals surface area contributed by atoms with Gasteiger partial charge >= 0.3 is 0 Å². The monoisotopic (exact) mass is 378 g/mol. The second-order valence-corrected chi connectivity index (χ2v) is 8.07. The molecule has 7 heteroatoms. The molecule has 0 aromatic heterocycles. The van der Waals surface area contributed by atoms with E-state index in [1.165, 1.54) is 23.0 Å². The Labute approximate surface area is 154 Å². The van der Waals surface area contributed by atoms with Gasteiger partial charge in [-0.1, -0.05) is 25.1 Å². The SMILES string of the molecule is CCc1ccccc1N1CCN(S(=O)(=O)c2ccc(F)cc2OC)CC1. The zero-order valence-corrected chi connectivity index (χ0v) is 15.8. The van der Waals surface area contributed by atoms with E-state index in [2.05, 4.69) is 24.0 Å². The van der Waals surface area contributed by atoms with Gasteiger partial charge in [-0.2, -0.15) is 4.31 Å². The number of piperazine rings is 1. The van der Waals surface area contributed by atoms with Gasteiger partial charge in [0.2, 0.25) is 10.0 Å². The zero-order chi connectivity index (χ0) is 18.7. The summed E-state index contributed by atoms with van der Waals surface area (Å²) in [4.78, 5) is 2.22. The van der Waals surface area contributed by atoms with E-state index in [9.17, 15) is 12.8 Å². The van der Waals surface area contributed by atoms with Crippen LogP contribution in [0.2, 0.25) is 0 Å². The number of ether oxygens (including phenoxy) is 1. The summed E-state index contributed by atoms with van der Waals surface area (Å²) in [5.41, 5.74) is 2.41. The Morgan fingerprint density at radius 1 is 1.08 bits per heavy atom. The van der Waals surface area contributed by atoms with Gasteiger partial charge in [0.05, 0.1) is 7.11 Å². The van der Waals surface area contributed by atoms with Crippen LogP contribution < -0.4 is 9.64 Å². The molecule has 0 amide bonds. The largest absolute Gasteiger partial charge is 0.495 e. The van der Waals surface area contributed by atoms with Gasteiger partial charge in [0.15, 0.2) is 0 Å². The number of benzene rings is 2. The molecule has 1 heterocycles. The van der Waals surface area contributed by atoms with E-state index in [-0.39, 0.29) is 10.6 Å². The van der Waals surface area contributed by atoms with Crippen LogP contribution in [0.15, 0.2) is 47.4 Å². The van der Waals surface area contributed by atoms with Crippen LogP contribution in [0.3, 0.4) is 0 Å². The summed E-state index contributed by atoms with van der Waals surface area (Å²) in [6.07, 6.45) is 0.932. The molecule has 3 rings (SSSR count). The summed E-state index contributed by atoms with van der Waals surface area (Å²) in [6, 6.07) is 11.7. The van der Waals surface area contributed by atoms with Gasteiger partial charge in [0, 0.05) is 37.9 Å². The van der Waals surface area contributed by atoms with Crippen LogP contribution in [-0.4, -0.2) is 46.0 Å². The Hall–Kier alpha value is -2.12. The maximum absolute atomic E-state index is 13.4. The molecule has 2 aromatic carbocycles. The predicted octanol–water partition coefficient (Wildman–Crippen LogP) is 2.91. The van der Waals surface area contributed by atoms with Gasteiger partial charge in [-0.25, -0.2) is 12.8 Å². The topological polar surface area (TPSA) is 49.9 Å². The molecule has 0 radical (unpaired) electrons. The van der Waals surface area contributed by atoms with Crippen LogP contribution >= 0.6 is 0 Å². The van der Waals surface area contributed by atoms with E-state index in [1.807, 2.05) is 12.1 Å². The lowest BCUT2D eigenvalue weighted by Crippen LogP contribution is -2.49. The number of anilines is 1. The van der Waals surface area contributed by atoms with E-state index < -0.39 is 15.8 Å². The highest BCUT2D eigenvalue weighted by Crippen LogP contribution is 2.29. The summed E-state index contributed by atoms with van der Waals surface area (Å²) in [5.74, 6) is -0.495. The number of hydrogen-bond donors (Lipinski definition) is 0. The lowest BCUT2D eigenvalue weighted by molar-refractivity contribution is 0.373. The van der Waals surface area contributed by atoms with Gasteiger partial charge in [-0.3, -0.25) is 0 Å². The van der Waals surface area contributed by atoms with Crippen molar-refractivity contribution in [3.05, 3.63) is 53.8 Å². The van der Waals surface area contributed by atoms with Crippen molar-refractivity contribution in [1.29, 1.82) is 0 Å². The van der Waals surface area contributed by atoms with Crippen molar-refractivity contribution in [3.8, 4) is 5.75 Å². The van der Waals surface area contributed by atoms with Crippen molar-refractivity contribution in [2.24, 2.45) is 0 Å². The summed E-state index contributed by atoms with van der Waals surface area (Å²) in [6.45, 7) is 4.09. The average molecular weight is 378 g/mol. The molecule has 0 unspecified atom stereocenters. The normalized spacial score (nSPS) is 15.9. The molecule has 0 saturated carbocycles. The highest BCUT2D eigenvalue weighted by Gasteiger charge is 2.31. The van der Waals surface area contributed by atoms with Gasteiger partial charge in [-0.05, 0) is 30.2 Å². The third-order valence-electron chi connectivity index (χ3n) is 4.70. The van der Waals surface area contributed by atoms with Crippen molar-refractivity contribution in [3.63, 3.8) is 0 Å². The van der Waals surface area contributed by atoms with Gasteiger partial charge in [0.25, 0.3) is 0 Å². The van der Waals surface area contributed by atoms with Crippen molar-refractivity contribution >= 4 is 15.7 Å². The van der Waals surface area contributed by atoms with E-state index >= 15 is 0 Å². The molecule has 0 spiro atoms. The van der Waals surface area contributed by atoms with E-state index in [0.29, 0.717) is 26.2 Å². The Kier molecular flexibility index (Phi) is 5.48. The second kappa shape index (κ2) is 7.63. The summed E-state index contributed by atoms with van der Waals surface area (Å²) >= 11 is 0. The Morgan fingerprint density at radius 3 is 2.42 bits per heavy atom. The molecule has 1 saturated heterocycles. The Balaban J connectivity index is 1.79. The number of hydrogen-bond acceptors (Lipinski definition) is 4. The number of aryl methyl sites for hydroxylation is 1. The molecule has 0 bridgehead atoms. The minimum absolute atomic E-state index is 0.00353. The van der Waals surface area contributed by atoms with Crippen LogP contribution in [-0.2, 0) is 16.4 Å². The van der Waals surface area contributed by atoms with E-state index in [0.717, 1.165) is 24.2 Å². The van der Waals surface area contributed by atoms with Gasteiger partial charge in [-0.15, -0.1) is 0 Å². The highest BCUT2D eigenvalue weighted by molar-refractivity contribution is 7.89. The molecule has 1 aliphatic rings. The molecule has 5 nitrogen and oxygen atoms in total. The van der Waals surface area contributed by atoms with Crippen molar-refractivity contribution in [1.82, 2.24) is 4.31 Å². The third kappa shape index (κ3) is 3.54. The fourth-order valence-electron chi connectivity index (χ4n) is 3.28. The van der Waals surface area contributed by atoms with Gasteiger partial charge in [0.1, 0.15) is 16.5 Å². The first kappa shape index (κ1) is 18.7. The quantitative estimate of drug-likeness (QED) is 0.803. The molecule has 140 valence electrons. The summed E-state index contributed by atoms with van der Waals surface area (Å²) < 4.78 is 45.8. The number of rotatable bonds is 5. The van der Waals surface area contributed by atoms with Crippen LogP contribution in [0, 0.1) is 5.82 Å². The van der Waals surface area contributed by atoms with Crippen molar-refractivity contribution in [2.75, 3.05) is 38.2 Å². The molecule has 26 heavy (non-hydrogen) atoms. The third-order valence-corrected chi connectivity index (χ3v) is 6.63. The molecule has 0 aliphatic carbocycles. The van der Waals surface area contributed by atoms with Crippen LogP contribution in [0.25, 0.3) is 0 Å². The first-order valence-electron chi connectivity index (χ1n) is 8.64. The Morgan fingerprint density at radius 2 is 1.77 bits per heavy atom. The molecule has 2 aromatic rings. The molecule has 0 N–H and O–H groups in total. The van der Waals surface area contributed by atoms with E-state index in [1.54, 1.807) is 0 Å². The highest BCUT2D eigenvalue weighted by atomic mass is 32.2. The van der Waals surface area contributed by atoms with Crippen molar-refractivity contribution < 1.29 is 17.5 Å². The number of halogens is 1. The number of sulfonamides is 1. The Bertz CT molecular complexity index is 878. The first-order valence-corrected chi connectivity index (χ1v) is 10.1. The fourth-order valence-corrected chi connectivity index (χ4v) is 4.84.